The van der Waals surface area contributed by atoms with Crippen LogP contribution in [0.2, 0.25) is 0 Å². The van der Waals surface area contributed by atoms with Crippen LogP contribution in [0.15, 0.2) is 11.4 Å². The molecule has 0 radical (unpaired) electrons. The summed E-state index contributed by atoms with van der Waals surface area (Å²) in [5.41, 5.74) is 0.867. The van der Waals surface area contributed by atoms with Gasteiger partial charge in [0.2, 0.25) is 5.91 Å². The van der Waals surface area contributed by atoms with Gasteiger partial charge in [0, 0.05) is 10.4 Å². The molecule has 2 heterocycles. The maximum Gasteiger partial charge on any atom is 0.226 e. The summed E-state index contributed by atoms with van der Waals surface area (Å²) in [6.45, 7) is 6.33. The molecule has 21 heavy (non-hydrogen) atoms. The van der Waals surface area contributed by atoms with Crippen LogP contribution in [0.25, 0.3) is 0 Å². The van der Waals surface area contributed by atoms with Gasteiger partial charge in [0.15, 0.2) is 0 Å². The van der Waals surface area contributed by atoms with Crippen molar-refractivity contribution >= 4 is 17.2 Å². The molecule has 0 aliphatic carbocycles. The third-order valence-corrected chi connectivity index (χ3v) is 4.94. The lowest BCUT2D eigenvalue weighted by molar-refractivity contribution is -0.127. The van der Waals surface area contributed by atoms with E-state index in [1.54, 1.807) is 11.3 Å². The van der Waals surface area contributed by atoms with E-state index in [1.165, 1.54) is 0 Å². The first-order chi connectivity index (χ1) is 10.0. The number of nitrogens with one attached hydrogen (secondary N) is 1. The van der Waals surface area contributed by atoms with Crippen LogP contribution in [0, 0.1) is 23.7 Å². The molecular weight excluding hydrogens is 286 g/mol. The fourth-order valence-electron chi connectivity index (χ4n) is 2.73. The lowest BCUT2D eigenvalue weighted by Crippen LogP contribution is -2.36. The Balaban J connectivity index is 1.97. The van der Waals surface area contributed by atoms with Gasteiger partial charge in [0.25, 0.3) is 0 Å². The zero-order valence-corrected chi connectivity index (χ0v) is 13.4. The predicted octanol–water partition coefficient (Wildman–Crippen LogP) is 1.77. The summed E-state index contributed by atoms with van der Waals surface area (Å²) in [7, 11) is 0. The number of aliphatic hydroxyl groups is 1. The SMILES string of the molecule is CC1OC(C)C(C(=O)NCc2sccc2C#CCO)C1C. The number of rotatable bonds is 3. The minimum Gasteiger partial charge on any atom is -0.384 e. The summed E-state index contributed by atoms with van der Waals surface area (Å²) in [6.07, 6.45) is 0.0652. The molecule has 0 bridgehead atoms. The van der Waals surface area contributed by atoms with Crippen molar-refractivity contribution in [3.05, 3.63) is 21.9 Å². The lowest BCUT2D eigenvalue weighted by atomic mass is 9.89. The van der Waals surface area contributed by atoms with Crippen molar-refractivity contribution in [3.8, 4) is 11.8 Å². The number of hydrogen-bond donors (Lipinski definition) is 2. The molecule has 1 amide bonds. The van der Waals surface area contributed by atoms with Gasteiger partial charge < -0.3 is 15.2 Å². The molecule has 114 valence electrons. The smallest absolute Gasteiger partial charge is 0.226 e. The Morgan fingerprint density at radius 3 is 2.81 bits per heavy atom. The van der Waals surface area contributed by atoms with Gasteiger partial charge in [-0.25, -0.2) is 0 Å². The average molecular weight is 307 g/mol. The van der Waals surface area contributed by atoms with Gasteiger partial charge in [-0.2, -0.15) is 0 Å². The highest BCUT2D eigenvalue weighted by atomic mass is 32.1. The second-order valence-corrected chi connectivity index (χ2v) is 6.37. The van der Waals surface area contributed by atoms with Crippen LogP contribution in [-0.4, -0.2) is 29.8 Å². The molecule has 1 aromatic heterocycles. The molecule has 0 saturated carbocycles. The minimum atomic E-state index is -0.159. The van der Waals surface area contributed by atoms with E-state index in [4.69, 9.17) is 9.84 Å². The van der Waals surface area contributed by atoms with Crippen LogP contribution in [-0.2, 0) is 16.1 Å². The molecule has 4 atom stereocenters. The molecule has 1 aromatic rings. The van der Waals surface area contributed by atoms with Crippen molar-refractivity contribution in [2.24, 2.45) is 11.8 Å². The normalized spacial score (nSPS) is 28.0. The van der Waals surface area contributed by atoms with Crippen molar-refractivity contribution < 1.29 is 14.6 Å². The van der Waals surface area contributed by atoms with E-state index in [1.807, 2.05) is 25.3 Å². The summed E-state index contributed by atoms with van der Waals surface area (Å²) in [6, 6.07) is 1.90. The van der Waals surface area contributed by atoms with Crippen molar-refractivity contribution in [2.75, 3.05) is 6.61 Å². The van der Waals surface area contributed by atoms with Gasteiger partial charge in [-0.3, -0.25) is 4.79 Å². The van der Waals surface area contributed by atoms with Crippen LogP contribution < -0.4 is 5.32 Å². The molecule has 0 aromatic carbocycles. The lowest BCUT2D eigenvalue weighted by Gasteiger charge is -2.17. The molecular formula is C16H21NO3S. The van der Waals surface area contributed by atoms with Crippen LogP contribution >= 0.6 is 11.3 Å². The monoisotopic (exact) mass is 307 g/mol. The molecule has 0 spiro atoms. The van der Waals surface area contributed by atoms with Gasteiger partial charge in [-0.15, -0.1) is 11.3 Å². The van der Waals surface area contributed by atoms with Crippen LogP contribution in [0.4, 0.5) is 0 Å². The Hall–Kier alpha value is -1.35. The second-order valence-electron chi connectivity index (χ2n) is 5.37. The zero-order valence-electron chi connectivity index (χ0n) is 12.6. The van der Waals surface area contributed by atoms with Gasteiger partial charge in [0.1, 0.15) is 6.61 Å². The van der Waals surface area contributed by atoms with Crippen molar-refractivity contribution in [3.63, 3.8) is 0 Å². The maximum atomic E-state index is 12.4. The molecule has 2 N–H and O–H groups in total. The average Bonchev–Trinajstić information content (AvgIpc) is 2.99. The summed E-state index contributed by atoms with van der Waals surface area (Å²) >= 11 is 1.56. The van der Waals surface area contributed by atoms with Gasteiger partial charge >= 0.3 is 0 Å². The van der Waals surface area contributed by atoms with E-state index in [0.717, 1.165) is 10.4 Å². The van der Waals surface area contributed by atoms with Crippen molar-refractivity contribution in [1.29, 1.82) is 0 Å². The number of ether oxygens (including phenoxy) is 1. The number of thiophene rings is 1. The van der Waals surface area contributed by atoms with Crippen LogP contribution in [0.3, 0.4) is 0 Å². The molecule has 5 heteroatoms. The van der Waals surface area contributed by atoms with Crippen molar-refractivity contribution in [2.45, 2.75) is 39.5 Å². The van der Waals surface area contributed by atoms with E-state index in [9.17, 15) is 4.79 Å². The fourth-order valence-corrected chi connectivity index (χ4v) is 3.50. The number of carbonyl (C=O) groups is 1. The van der Waals surface area contributed by atoms with Crippen LogP contribution in [0.1, 0.15) is 31.2 Å². The molecule has 1 fully saturated rings. The van der Waals surface area contributed by atoms with Gasteiger partial charge in [0.05, 0.1) is 24.7 Å². The van der Waals surface area contributed by atoms with E-state index in [-0.39, 0.29) is 36.6 Å². The largest absolute Gasteiger partial charge is 0.384 e. The Morgan fingerprint density at radius 1 is 1.43 bits per heavy atom. The summed E-state index contributed by atoms with van der Waals surface area (Å²) in [4.78, 5) is 13.4. The molecule has 4 nitrogen and oxygen atoms in total. The first kappa shape index (κ1) is 16.0. The first-order valence-corrected chi connectivity index (χ1v) is 8.01. The summed E-state index contributed by atoms with van der Waals surface area (Å²) < 4.78 is 5.71. The Kier molecular flexibility index (Phi) is 5.40. The molecule has 4 unspecified atom stereocenters. The minimum absolute atomic E-state index is 0.0359. The quantitative estimate of drug-likeness (QED) is 0.837. The standard InChI is InChI=1S/C16H21NO3S/c1-10-11(2)20-12(3)15(10)16(19)17-9-14-13(5-4-7-18)6-8-21-14/h6,8,10-12,15,18H,7,9H2,1-3H3,(H,17,19). The zero-order chi connectivity index (χ0) is 15.4. The third kappa shape index (κ3) is 3.65. The van der Waals surface area contributed by atoms with E-state index >= 15 is 0 Å². The third-order valence-electron chi connectivity index (χ3n) is 4.02. The number of amides is 1. The predicted molar refractivity (Wildman–Crippen MR) is 82.8 cm³/mol. The Labute approximate surface area is 129 Å². The van der Waals surface area contributed by atoms with E-state index in [0.29, 0.717) is 6.54 Å². The topological polar surface area (TPSA) is 58.6 Å². The van der Waals surface area contributed by atoms with Gasteiger partial charge in [-0.05, 0) is 31.2 Å². The highest BCUT2D eigenvalue weighted by Crippen LogP contribution is 2.32. The maximum absolute atomic E-state index is 12.4. The highest BCUT2D eigenvalue weighted by Gasteiger charge is 2.41. The summed E-state index contributed by atoms with van der Waals surface area (Å²) in [5.74, 6) is 5.68. The summed E-state index contributed by atoms with van der Waals surface area (Å²) in [5, 5.41) is 13.7. The number of hydrogen-bond acceptors (Lipinski definition) is 4. The Bertz CT molecular complexity index is 557. The molecule has 1 saturated heterocycles. The van der Waals surface area contributed by atoms with Crippen molar-refractivity contribution in [1.82, 2.24) is 5.32 Å². The second kappa shape index (κ2) is 7.08. The number of carbonyl (C=O) groups excluding carboxylic acids is 1. The highest BCUT2D eigenvalue weighted by molar-refractivity contribution is 7.10. The van der Waals surface area contributed by atoms with Gasteiger partial charge in [-0.1, -0.05) is 18.8 Å². The van der Waals surface area contributed by atoms with E-state index in [2.05, 4.69) is 24.1 Å². The molecule has 1 aliphatic rings. The van der Waals surface area contributed by atoms with Crippen LogP contribution in [0.5, 0.6) is 0 Å². The molecule has 1 aliphatic heterocycles. The van der Waals surface area contributed by atoms with E-state index < -0.39 is 0 Å². The molecule has 2 rings (SSSR count). The first-order valence-electron chi connectivity index (χ1n) is 7.13. The fraction of sp³-hybridized carbons (Fsp3) is 0.562. The Morgan fingerprint density at radius 2 is 2.19 bits per heavy atom. The number of aliphatic hydroxyl groups excluding tert-OH is 1.